The number of anilines is 2. The first-order valence-corrected chi connectivity index (χ1v) is 9.67. The number of amides is 2. The maximum absolute atomic E-state index is 14.3. The van der Waals surface area contributed by atoms with Gasteiger partial charge in [0.2, 0.25) is 21.3 Å². The van der Waals surface area contributed by atoms with Gasteiger partial charge in [0.1, 0.15) is 5.82 Å². The second-order valence-corrected chi connectivity index (χ2v) is 8.32. The Morgan fingerprint density at radius 3 is 1.97 bits per heavy atom. The molecule has 2 rings (SSSR count). The van der Waals surface area contributed by atoms with Crippen molar-refractivity contribution in [3.8, 4) is 0 Å². The molecular weight excluding hydrogens is 432 g/mol. The van der Waals surface area contributed by atoms with E-state index in [1.807, 2.05) is 0 Å². The van der Waals surface area contributed by atoms with Crippen molar-refractivity contribution in [1.29, 1.82) is 0 Å². The normalized spacial score (nSPS) is 14.0. The van der Waals surface area contributed by atoms with E-state index in [0.717, 1.165) is 12.1 Å². The first-order valence-electron chi connectivity index (χ1n) is 8.19. The van der Waals surface area contributed by atoms with Gasteiger partial charge in [-0.2, -0.15) is 13.2 Å². The Balaban J connectivity index is 2.29. The van der Waals surface area contributed by atoms with Gasteiger partial charge in [0.15, 0.2) is 0 Å². The van der Waals surface area contributed by atoms with Crippen LogP contribution in [0.15, 0.2) is 52.3 Å². The van der Waals surface area contributed by atoms with Gasteiger partial charge in [0.05, 0.1) is 15.5 Å². The van der Waals surface area contributed by atoms with E-state index in [1.165, 1.54) is 31.2 Å². The molecule has 0 aliphatic carbocycles. The second kappa shape index (κ2) is 8.03. The van der Waals surface area contributed by atoms with Crippen molar-refractivity contribution < 1.29 is 40.7 Å². The van der Waals surface area contributed by atoms with E-state index in [1.54, 1.807) is 5.32 Å². The Morgan fingerprint density at radius 2 is 1.50 bits per heavy atom. The molecule has 0 radical (unpaired) electrons. The van der Waals surface area contributed by atoms with Crippen molar-refractivity contribution in [1.82, 2.24) is 0 Å². The fourth-order valence-corrected chi connectivity index (χ4v) is 3.47. The van der Waals surface area contributed by atoms with Crippen LogP contribution >= 0.6 is 0 Å². The number of rotatable bonds is 5. The van der Waals surface area contributed by atoms with Crippen molar-refractivity contribution >= 4 is 33.0 Å². The number of carbonyl (C=O) groups is 2. The zero-order chi connectivity index (χ0) is 22.9. The van der Waals surface area contributed by atoms with Gasteiger partial charge in [0.25, 0.3) is 5.91 Å². The molecule has 2 aromatic rings. The third-order valence-electron chi connectivity index (χ3n) is 3.98. The quantitative estimate of drug-likeness (QED) is 0.609. The summed E-state index contributed by atoms with van der Waals surface area (Å²) in [5.41, 5.74) is -4.19. The molecule has 1 atom stereocenters. The minimum absolute atomic E-state index is 0.198. The minimum atomic E-state index is -5.31. The molecule has 2 amide bonds. The van der Waals surface area contributed by atoms with E-state index >= 15 is 0 Å². The van der Waals surface area contributed by atoms with Crippen molar-refractivity contribution in [3.63, 3.8) is 0 Å². The summed E-state index contributed by atoms with van der Waals surface area (Å²) in [6.07, 6.45) is -5.31. The van der Waals surface area contributed by atoms with Crippen molar-refractivity contribution in [2.45, 2.75) is 35.4 Å². The highest BCUT2D eigenvalue weighted by Crippen LogP contribution is 2.32. The van der Waals surface area contributed by atoms with Crippen LogP contribution in [0, 0.1) is 5.82 Å². The predicted octanol–water partition coefficient (Wildman–Crippen LogP) is 2.87. The average Bonchev–Trinajstić information content (AvgIpc) is 2.62. The number of hydrogen-bond acceptors (Lipinski definition) is 5. The summed E-state index contributed by atoms with van der Waals surface area (Å²) in [6.45, 7) is 1.46. The molecule has 0 saturated heterocycles. The number of alkyl halides is 3. The molecule has 0 aliphatic rings. The van der Waals surface area contributed by atoms with E-state index in [2.05, 4.69) is 5.32 Å². The van der Waals surface area contributed by atoms with Gasteiger partial charge < -0.3 is 15.7 Å². The first kappa shape index (κ1) is 23.3. The number of carbonyl (C=O) groups excluding carboxylic acids is 2. The van der Waals surface area contributed by atoms with Gasteiger partial charge >= 0.3 is 6.18 Å². The van der Waals surface area contributed by atoms with Crippen LogP contribution in [0.1, 0.15) is 13.8 Å². The zero-order valence-corrected chi connectivity index (χ0v) is 16.4. The lowest BCUT2D eigenvalue weighted by Crippen LogP contribution is -2.52. The van der Waals surface area contributed by atoms with Gasteiger partial charge in [-0.25, -0.2) is 12.8 Å². The number of sulfone groups is 1. The van der Waals surface area contributed by atoms with E-state index in [-0.39, 0.29) is 17.7 Å². The Kier molecular flexibility index (Phi) is 6.23. The minimum Gasteiger partial charge on any atom is -0.373 e. The van der Waals surface area contributed by atoms with Gasteiger partial charge in [0, 0.05) is 12.6 Å². The number of aliphatic hydroxyl groups is 1. The van der Waals surface area contributed by atoms with Crippen molar-refractivity contribution in [3.05, 3.63) is 48.3 Å². The number of halogens is 4. The van der Waals surface area contributed by atoms with Crippen LogP contribution < -0.4 is 10.6 Å². The van der Waals surface area contributed by atoms with E-state index in [4.69, 9.17) is 0 Å². The van der Waals surface area contributed by atoms with Crippen LogP contribution in [0.5, 0.6) is 0 Å². The summed E-state index contributed by atoms with van der Waals surface area (Å²) in [5, 5.41) is 13.3. The molecule has 30 heavy (non-hydrogen) atoms. The largest absolute Gasteiger partial charge is 0.426 e. The fourth-order valence-electron chi connectivity index (χ4n) is 2.19. The molecule has 0 aromatic heterocycles. The van der Waals surface area contributed by atoms with Crippen LogP contribution in [-0.2, 0) is 19.4 Å². The molecule has 2 aromatic carbocycles. The summed E-state index contributed by atoms with van der Waals surface area (Å²) in [7, 11) is -4.20. The summed E-state index contributed by atoms with van der Waals surface area (Å²) in [5.74, 6) is -3.62. The maximum atomic E-state index is 14.3. The molecule has 3 N–H and O–H groups in total. The van der Waals surface area contributed by atoms with Crippen LogP contribution in [0.25, 0.3) is 0 Å². The lowest BCUT2D eigenvalue weighted by molar-refractivity contribution is -0.242. The molecule has 0 heterocycles. The van der Waals surface area contributed by atoms with Gasteiger partial charge in [-0.05, 0) is 49.4 Å². The molecular formula is C18H16F4N2O5S. The number of hydrogen-bond donors (Lipinski definition) is 3. The summed E-state index contributed by atoms with van der Waals surface area (Å²) in [6, 6.07) is 7.16. The van der Waals surface area contributed by atoms with Crippen molar-refractivity contribution in [2.24, 2.45) is 0 Å². The molecule has 12 heteroatoms. The number of benzene rings is 2. The molecule has 0 fully saturated rings. The first-order chi connectivity index (χ1) is 13.7. The standard InChI is InChI=1S/C18H16F4N2O5S/c1-10(25)23-11-3-5-12(6-4-11)30(28,29)13-7-8-15(14(19)9-13)24-16(26)17(2,27)18(20,21)22/h3-9,27H,1-2H3,(H,23,25)(H,24,26). The SMILES string of the molecule is CC(=O)Nc1ccc(S(=O)(=O)c2ccc(NC(=O)C(C)(O)C(F)(F)F)c(F)c2)cc1. The monoisotopic (exact) mass is 448 g/mol. The fraction of sp³-hybridized carbons (Fsp3) is 0.222. The molecule has 0 bridgehead atoms. The highest BCUT2D eigenvalue weighted by atomic mass is 32.2. The lowest BCUT2D eigenvalue weighted by Gasteiger charge is -2.25. The predicted molar refractivity (Wildman–Crippen MR) is 97.9 cm³/mol. The molecule has 0 spiro atoms. The third kappa shape index (κ3) is 4.76. The number of nitrogens with one attached hydrogen (secondary N) is 2. The van der Waals surface area contributed by atoms with Gasteiger partial charge in [-0.1, -0.05) is 0 Å². The Hall–Kier alpha value is -2.99. The van der Waals surface area contributed by atoms with E-state index in [0.29, 0.717) is 11.8 Å². The van der Waals surface area contributed by atoms with Crippen molar-refractivity contribution in [2.75, 3.05) is 10.6 Å². The average molecular weight is 448 g/mol. The van der Waals surface area contributed by atoms with E-state index in [9.17, 15) is 40.7 Å². The van der Waals surface area contributed by atoms with E-state index < -0.39 is 43.9 Å². The molecule has 162 valence electrons. The highest BCUT2D eigenvalue weighted by molar-refractivity contribution is 7.91. The summed E-state index contributed by atoms with van der Waals surface area (Å²) in [4.78, 5) is 21.9. The summed E-state index contributed by atoms with van der Waals surface area (Å²) >= 11 is 0. The lowest BCUT2D eigenvalue weighted by atomic mass is 10.1. The second-order valence-electron chi connectivity index (χ2n) is 6.37. The summed E-state index contributed by atoms with van der Waals surface area (Å²) < 4.78 is 77.5. The molecule has 1 unspecified atom stereocenters. The molecule has 0 aliphatic heterocycles. The van der Waals surface area contributed by atoms with Crippen LogP contribution in [-0.4, -0.2) is 37.1 Å². The highest BCUT2D eigenvalue weighted by Gasteiger charge is 2.55. The third-order valence-corrected chi connectivity index (χ3v) is 5.75. The zero-order valence-electron chi connectivity index (χ0n) is 15.5. The van der Waals surface area contributed by atoms with Crippen LogP contribution in [0.4, 0.5) is 28.9 Å². The van der Waals surface area contributed by atoms with Gasteiger partial charge in [-0.15, -0.1) is 0 Å². The Labute approximate surface area is 168 Å². The molecule has 0 saturated carbocycles. The van der Waals surface area contributed by atoms with Crippen LogP contribution in [0.3, 0.4) is 0 Å². The topological polar surface area (TPSA) is 113 Å². The Morgan fingerprint density at radius 1 is 0.967 bits per heavy atom. The smallest absolute Gasteiger partial charge is 0.373 e. The maximum Gasteiger partial charge on any atom is 0.426 e. The van der Waals surface area contributed by atoms with Crippen LogP contribution in [0.2, 0.25) is 0 Å². The van der Waals surface area contributed by atoms with Gasteiger partial charge in [-0.3, -0.25) is 9.59 Å². The Bertz CT molecular complexity index is 1080. The molecule has 7 nitrogen and oxygen atoms in total.